The minimum absolute atomic E-state index is 0.258. The number of anilines is 1. The molecule has 25 heavy (non-hydrogen) atoms. The fourth-order valence-electron chi connectivity index (χ4n) is 3.47. The molecule has 128 valence electrons. The average Bonchev–Trinajstić information content (AvgIpc) is 3.11. The molecule has 1 fully saturated rings. The largest absolute Gasteiger partial charge is 0.353 e. The molecule has 6 heteroatoms. The zero-order chi connectivity index (χ0) is 17.1. The molecule has 1 unspecified atom stereocenters. The second kappa shape index (κ2) is 7.01. The summed E-state index contributed by atoms with van der Waals surface area (Å²) < 4.78 is 16.2. The summed E-state index contributed by atoms with van der Waals surface area (Å²) in [5.41, 5.74) is 1.00. The van der Waals surface area contributed by atoms with E-state index >= 15 is 0 Å². The molecule has 0 saturated carbocycles. The van der Waals surface area contributed by atoms with E-state index in [1.165, 1.54) is 6.07 Å². The summed E-state index contributed by atoms with van der Waals surface area (Å²) in [6, 6.07) is 9.01. The van der Waals surface area contributed by atoms with E-state index in [0.29, 0.717) is 12.4 Å². The second-order valence-electron chi connectivity index (χ2n) is 6.33. The first-order valence-corrected chi connectivity index (χ1v) is 8.57. The summed E-state index contributed by atoms with van der Waals surface area (Å²) in [6.45, 7) is 2.25. The number of imidazole rings is 1. The van der Waals surface area contributed by atoms with Crippen LogP contribution in [0.3, 0.4) is 0 Å². The molecule has 0 bridgehead atoms. The molecule has 1 saturated heterocycles. The van der Waals surface area contributed by atoms with Crippen LogP contribution in [0.25, 0.3) is 0 Å². The third kappa shape index (κ3) is 3.38. The van der Waals surface area contributed by atoms with E-state index in [4.69, 9.17) is 0 Å². The van der Waals surface area contributed by atoms with Crippen molar-refractivity contribution in [2.24, 2.45) is 0 Å². The van der Waals surface area contributed by atoms with Crippen LogP contribution in [0.4, 0.5) is 10.2 Å². The molecule has 1 aliphatic heterocycles. The van der Waals surface area contributed by atoms with Crippen LogP contribution in [-0.2, 0) is 6.54 Å². The van der Waals surface area contributed by atoms with Crippen molar-refractivity contribution in [1.29, 1.82) is 0 Å². The summed E-state index contributed by atoms with van der Waals surface area (Å²) in [7, 11) is 0. The second-order valence-corrected chi connectivity index (χ2v) is 6.33. The van der Waals surface area contributed by atoms with Crippen LogP contribution in [0, 0.1) is 5.82 Å². The van der Waals surface area contributed by atoms with Gasteiger partial charge in [0.15, 0.2) is 11.6 Å². The van der Waals surface area contributed by atoms with Gasteiger partial charge in [0.2, 0.25) is 0 Å². The molecular formula is C19H20FN5. The van der Waals surface area contributed by atoms with Crippen LogP contribution in [0.2, 0.25) is 0 Å². The Morgan fingerprint density at radius 1 is 1.04 bits per heavy atom. The molecule has 0 aliphatic carbocycles. The standard InChI is InChI=1S/C19H20FN5/c20-17-7-3-9-22-19(17)24-11-4-5-15(13-24)18-23-10-12-25(18)14-16-6-1-2-8-21-16/h1-3,6-10,12,15H,4-5,11,13-14H2. The summed E-state index contributed by atoms with van der Waals surface area (Å²) in [6.07, 6.45) is 9.31. The fourth-order valence-corrected chi connectivity index (χ4v) is 3.47. The lowest BCUT2D eigenvalue weighted by atomic mass is 9.97. The highest BCUT2D eigenvalue weighted by Crippen LogP contribution is 2.29. The van der Waals surface area contributed by atoms with Crippen molar-refractivity contribution in [3.63, 3.8) is 0 Å². The van der Waals surface area contributed by atoms with E-state index in [9.17, 15) is 4.39 Å². The Kier molecular flexibility index (Phi) is 4.41. The van der Waals surface area contributed by atoms with Crippen LogP contribution in [0.1, 0.15) is 30.3 Å². The van der Waals surface area contributed by atoms with Gasteiger partial charge in [0, 0.05) is 43.8 Å². The van der Waals surface area contributed by atoms with E-state index in [2.05, 4.69) is 19.5 Å². The van der Waals surface area contributed by atoms with Crippen LogP contribution >= 0.6 is 0 Å². The van der Waals surface area contributed by atoms with Crippen LogP contribution in [0.15, 0.2) is 55.1 Å². The lowest BCUT2D eigenvalue weighted by molar-refractivity contribution is 0.467. The highest BCUT2D eigenvalue weighted by molar-refractivity contribution is 5.40. The molecule has 0 radical (unpaired) electrons. The average molecular weight is 337 g/mol. The maximum Gasteiger partial charge on any atom is 0.165 e. The quantitative estimate of drug-likeness (QED) is 0.733. The Morgan fingerprint density at radius 3 is 2.80 bits per heavy atom. The summed E-state index contributed by atoms with van der Waals surface area (Å²) in [4.78, 5) is 15.2. The predicted molar refractivity (Wildman–Crippen MR) is 93.9 cm³/mol. The molecule has 4 rings (SSSR count). The molecule has 3 aromatic heterocycles. The van der Waals surface area contributed by atoms with Crippen LogP contribution in [0.5, 0.6) is 0 Å². The minimum Gasteiger partial charge on any atom is -0.353 e. The summed E-state index contributed by atoms with van der Waals surface area (Å²) in [5.74, 6) is 1.47. The SMILES string of the molecule is Fc1cccnc1N1CCCC(c2nccn2Cc2ccccn2)C1. The zero-order valence-corrected chi connectivity index (χ0v) is 13.9. The van der Waals surface area contributed by atoms with Gasteiger partial charge in [-0.05, 0) is 37.1 Å². The molecule has 0 amide bonds. The molecule has 1 aliphatic rings. The highest BCUT2D eigenvalue weighted by Gasteiger charge is 2.26. The fraction of sp³-hybridized carbons (Fsp3) is 0.316. The van der Waals surface area contributed by atoms with Crippen LogP contribution < -0.4 is 4.90 Å². The van der Waals surface area contributed by atoms with Gasteiger partial charge in [-0.1, -0.05) is 6.07 Å². The number of halogens is 1. The van der Waals surface area contributed by atoms with E-state index < -0.39 is 0 Å². The Bertz CT molecular complexity index is 833. The molecular weight excluding hydrogens is 317 g/mol. The monoisotopic (exact) mass is 337 g/mol. The van der Waals surface area contributed by atoms with Gasteiger partial charge >= 0.3 is 0 Å². The first-order chi connectivity index (χ1) is 12.3. The van der Waals surface area contributed by atoms with E-state index in [1.807, 2.05) is 35.5 Å². The van der Waals surface area contributed by atoms with Gasteiger partial charge in [-0.3, -0.25) is 4.98 Å². The molecule has 0 spiro atoms. The topological polar surface area (TPSA) is 46.8 Å². The number of hydrogen-bond acceptors (Lipinski definition) is 4. The third-order valence-corrected chi connectivity index (χ3v) is 4.63. The highest BCUT2D eigenvalue weighted by atomic mass is 19.1. The van der Waals surface area contributed by atoms with E-state index in [-0.39, 0.29) is 11.7 Å². The minimum atomic E-state index is -0.264. The normalized spacial score (nSPS) is 17.6. The molecule has 4 heterocycles. The van der Waals surface area contributed by atoms with Crippen molar-refractivity contribution in [3.05, 3.63) is 72.5 Å². The van der Waals surface area contributed by atoms with Gasteiger partial charge < -0.3 is 9.47 Å². The number of hydrogen-bond donors (Lipinski definition) is 0. The third-order valence-electron chi connectivity index (χ3n) is 4.63. The molecule has 1 atom stereocenters. The maximum atomic E-state index is 14.1. The summed E-state index contributed by atoms with van der Waals surface area (Å²) in [5, 5.41) is 0. The number of aromatic nitrogens is 4. The Morgan fingerprint density at radius 2 is 1.96 bits per heavy atom. The molecule has 3 aromatic rings. The number of nitrogens with zero attached hydrogens (tertiary/aromatic N) is 5. The van der Waals surface area contributed by atoms with Gasteiger partial charge in [0.1, 0.15) is 5.82 Å². The van der Waals surface area contributed by atoms with Crippen molar-refractivity contribution in [2.75, 3.05) is 18.0 Å². The summed E-state index contributed by atoms with van der Waals surface area (Å²) >= 11 is 0. The van der Waals surface area contributed by atoms with Crippen LogP contribution in [-0.4, -0.2) is 32.6 Å². The van der Waals surface area contributed by atoms with E-state index in [0.717, 1.165) is 37.4 Å². The number of pyridine rings is 2. The van der Waals surface area contributed by atoms with E-state index in [1.54, 1.807) is 18.5 Å². The van der Waals surface area contributed by atoms with Gasteiger partial charge in [-0.2, -0.15) is 0 Å². The zero-order valence-electron chi connectivity index (χ0n) is 13.9. The van der Waals surface area contributed by atoms with Gasteiger partial charge in [0.05, 0.1) is 12.2 Å². The Balaban J connectivity index is 1.54. The lowest BCUT2D eigenvalue weighted by Crippen LogP contribution is -2.36. The predicted octanol–water partition coefficient (Wildman–Crippen LogP) is 3.24. The van der Waals surface area contributed by atoms with Gasteiger partial charge in [-0.15, -0.1) is 0 Å². The Hall–Kier alpha value is -2.76. The van der Waals surface area contributed by atoms with Crippen molar-refractivity contribution in [1.82, 2.24) is 19.5 Å². The van der Waals surface area contributed by atoms with Crippen molar-refractivity contribution >= 4 is 5.82 Å². The van der Waals surface area contributed by atoms with Gasteiger partial charge in [-0.25, -0.2) is 14.4 Å². The van der Waals surface area contributed by atoms with Crippen molar-refractivity contribution in [3.8, 4) is 0 Å². The molecule has 0 N–H and O–H groups in total. The lowest BCUT2D eigenvalue weighted by Gasteiger charge is -2.33. The Labute approximate surface area is 146 Å². The number of rotatable bonds is 4. The maximum absolute atomic E-state index is 14.1. The first-order valence-electron chi connectivity index (χ1n) is 8.57. The first kappa shape index (κ1) is 15.7. The smallest absolute Gasteiger partial charge is 0.165 e. The van der Waals surface area contributed by atoms with Crippen molar-refractivity contribution < 1.29 is 4.39 Å². The molecule has 0 aromatic carbocycles. The van der Waals surface area contributed by atoms with Crippen molar-refractivity contribution in [2.45, 2.75) is 25.3 Å². The van der Waals surface area contributed by atoms with Gasteiger partial charge in [0.25, 0.3) is 0 Å². The molecule has 5 nitrogen and oxygen atoms in total. The number of piperidine rings is 1.